The Hall–Kier alpha value is -1.20. The summed E-state index contributed by atoms with van der Waals surface area (Å²) in [6.07, 6.45) is 1.63. The molecule has 0 amide bonds. The third kappa shape index (κ3) is 4.12. The van der Waals surface area contributed by atoms with Gasteiger partial charge in [-0.05, 0) is 37.1 Å². The zero-order chi connectivity index (χ0) is 12.0. The van der Waals surface area contributed by atoms with E-state index in [2.05, 4.69) is 4.74 Å². The van der Waals surface area contributed by atoms with E-state index in [1.165, 1.54) is 12.1 Å². The van der Waals surface area contributed by atoms with Crippen LogP contribution in [0.3, 0.4) is 0 Å². The summed E-state index contributed by atoms with van der Waals surface area (Å²) in [5.74, 6) is 0.143. The minimum Gasteiger partial charge on any atom is -0.435 e. The molecule has 0 bridgehead atoms. The summed E-state index contributed by atoms with van der Waals surface area (Å²) in [6, 6.07) is 6.26. The minimum atomic E-state index is -2.79. The molecule has 1 rings (SSSR count). The lowest BCUT2D eigenvalue weighted by Crippen LogP contribution is -2.12. The van der Waals surface area contributed by atoms with Crippen molar-refractivity contribution in [3.8, 4) is 5.75 Å². The molecule has 16 heavy (non-hydrogen) atoms. The van der Waals surface area contributed by atoms with Crippen molar-refractivity contribution in [3.63, 3.8) is 0 Å². The summed E-state index contributed by atoms with van der Waals surface area (Å²) >= 11 is 0. The number of halogens is 2. The second kappa shape index (κ2) is 6.40. The van der Waals surface area contributed by atoms with E-state index in [4.69, 9.17) is 11.5 Å². The van der Waals surface area contributed by atoms with Crippen molar-refractivity contribution >= 4 is 0 Å². The highest BCUT2D eigenvalue weighted by atomic mass is 19.3. The van der Waals surface area contributed by atoms with E-state index >= 15 is 0 Å². The smallest absolute Gasteiger partial charge is 0.387 e. The number of ether oxygens (including phenoxy) is 1. The number of hydrogen-bond acceptors (Lipinski definition) is 3. The molecule has 0 radical (unpaired) electrons. The summed E-state index contributed by atoms with van der Waals surface area (Å²) in [7, 11) is 0. The van der Waals surface area contributed by atoms with Crippen LogP contribution in [0.15, 0.2) is 24.3 Å². The maximum atomic E-state index is 11.9. The molecule has 1 atom stereocenters. The van der Waals surface area contributed by atoms with E-state index < -0.39 is 6.61 Å². The number of benzene rings is 1. The van der Waals surface area contributed by atoms with Gasteiger partial charge in [-0.3, -0.25) is 0 Å². The van der Waals surface area contributed by atoms with Gasteiger partial charge in [-0.1, -0.05) is 12.1 Å². The molecular formula is C11H16F2N2O. The minimum absolute atomic E-state index is 0.107. The summed E-state index contributed by atoms with van der Waals surface area (Å²) in [5.41, 5.74) is 12.2. The van der Waals surface area contributed by atoms with E-state index in [0.29, 0.717) is 6.54 Å². The lowest BCUT2D eigenvalue weighted by atomic mass is 10.0. The van der Waals surface area contributed by atoms with Gasteiger partial charge in [0.15, 0.2) is 0 Å². The molecule has 0 heterocycles. The highest BCUT2D eigenvalue weighted by molar-refractivity contribution is 5.29. The highest BCUT2D eigenvalue weighted by Crippen LogP contribution is 2.20. The first-order valence-electron chi connectivity index (χ1n) is 5.14. The molecule has 1 aromatic rings. The third-order valence-electron chi connectivity index (χ3n) is 2.25. The maximum Gasteiger partial charge on any atom is 0.387 e. The summed E-state index contributed by atoms with van der Waals surface area (Å²) in [4.78, 5) is 0. The predicted molar refractivity (Wildman–Crippen MR) is 58.3 cm³/mol. The average Bonchev–Trinajstić information content (AvgIpc) is 2.26. The van der Waals surface area contributed by atoms with Crippen LogP contribution in [0, 0.1) is 0 Å². The predicted octanol–water partition coefficient (Wildman–Crippen LogP) is 2.03. The molecule has 3 nitrogen and oxygen atoms in total. The van der Waals surface area contributed by atoms with E-state index in [1.807, 2.05) is 0 Å². The Bertz CT molecular complexity index is 303. The Morgan fingerprint density at radius 2 is 1.81 bits per heavy atom. The summed E-state index contributed by atoms with van der Waals surface area (Å²) in [6.45, 7) is -2.20. The first-order valence-corrected chi connectivity index (χ1v) is 5.14. The van der Waals surface area contributed by atoms with Gasteiger partial charge in [-0.15, -0.1) is 0 Å². The molecule has 0 spiro atoms. The summed E-state index contributed by atoms with van der Waals surface area (Å²) in [5, 5.41) is 0. The van der Waals surface area contributed by atoms with Gasteiger partial charge in [0.1, 0.15) is 5.75 Å². The van der Waals surface area contributed by atoms with Crippen molar-refractivity contribution in [2.75, 3.05) is 6.54 Å². The zero-order valence-electron chi connectivity index (χ0n) is 8.90. The molecule has 0 fully saturated rings. The normalized spacial score (nSPS) is 12.8. The molecule has 0 aliphatic heterocycles. The van der Waals surface area contributed by atoms with Crippen LogP contribution in [-0.4, -0.2) is 13.2 Å². The SMILES string of the molecule is NCCC[C@@H](N)c1ccc(OC(F)F)cc1. The van der Waals surface area contributed by atoms with Crippen molar-refractivity contribution in [1.29, 1.82) is 0 Å². The van der Waals surface area contributed by atoms with Crippen LogP contribution in [0.4, 0.5) is 8.78 Å². The van der Waals surface area contributed by atoms with Crippen LogP contribution < -0.4 is 16.2 Å². The first kappa shape index (κ1) is 12.9. The Labute approximate surface area is 93.4 Å². The second-order valence-electron chi connectivity index (χ2n) is 3.48. The molecule has 4 N–H and O–H groups in total. The number of hydrogen-bond donors (Lipinski definition) is 2. The molecule has 5 heteroatoms. The van der Waals surface area contributed by atoms with Crippen LogP contribution >= 0.6 is 0 Å². The molecule has 0 aliphatic carbocycles. The lowest BCUT2D eigenvalue weighted by Gasteiger charge is -2.12. The fourth-order valence-corrected chi connectivity index (χ4v) is 1.40. The van der Waals surface area contributed by atoms with Crippen molar-refractivity contribution in [1.82, 2.24) is 0 Å². The van der Waals surface area contributed by atoms with Gasteiger partial charge in [0, 0.05) is 6.04 Å². The van der Waals surface area contributed by atoms with Crippen molar-refractivity contribution < 1.29 is 13.5 Å². The Balaban J connectivity index is 2.56. The van der Waals surface area contributed by atoms with Crippen molar-refractivity contribution in [2.45, 2.75) is 25.5 Å². The van der Waals surface area contributed by atoms with Gasteiger partial charge in [0.2, 0.25) is 0 Å². The van der Waals surface area contributed by atoms with Gasteiger partial charge in [-0.25, -0.2) is 0 Å². The number of nitrogens with two attached hydrogens (primary N) is 2. The van der Waals surface area contributed by atoms with E-state index in [1.54, 1.807) is 12.1 Å². The average molecular weight is 230 g/mol. The summed E-state index contributed by atoms with van der Waals surface area (Å²) < 4.78 is 28.0. The maximum absolute atomic E-state index is 11.9. The largest absolute Gasteiger partial charge is 0.435 e. The third-order valence-corrected chi connectivity index (χ3v) is 2.25. The van der Waals surface area contributed by atoms with Crippen LogP contribution in [0.1, 0.15) is 24.4 Å². The fraction of sp³-hybridized carbons (Fsp3) is 0.455. The van der Waals surface area contributed by atoms with Gasteiger partial charge in [0.25, 0.3) is 0 Å². The van der Waals surface area contributed by atoms with Crippen LogP contribution in [0.2, 0.25) is 0 Å². The molecule has 1 aromatic carbocycles. The van der Waals surface area contributed by atoms with E-state index in [0.717, 1.165) is 18.4 Å². The van der Waals surface area contributed by atoms with Crippen molar-refractivity contribution in [2.24, 2.45) is 11.5 Å². The van der Waals surface area contributed by atoms with Crippen LogP contribution in [0.5, 0.6) is 5.75 Å². The quantitative estimate of drug-likeness (QED) is 0.786. The van der Waals surface area contributed by atoms with E-state index in [-0.39, 0.29) is 11.8 Å². The Morgan fingerprint density at radius 1 is 1.19 bits per heavy atom. The van der Waals surface area contributed by atoms with E-state index in [9.17, 15) is 8.78 Å². The van der Waals surface area contributed by atoms with Gasteiger partial charge in [-0.2, -0.15) is 8.78 Å². The van der Waals surface area contributed by atoms with Gasteiger partial charge < -0.3 is 16.2 Å². The molecule has 0 aromatic heterocycles. The topological polar surface area (TPSA) is 61.3 Å². The standard InChI is InChI=1S/C11H16F2N2O/c12-11(13)16-9-5-3-8(4-6-9)10(15)2-1-7-14/h3-6,10-11H,1-2,7,14-15H2/t10-/m1/s1. The van der Waals surface area contributed by atoms with Gasteiger partial charge in [0.05, 0.1) is 0 Å². The Kier molecular flexibility index (Phi) is 5.14. The zero-order valence-corrected chi connectivity index (χ0v) is 8.90. The molecule has 0 saturated carbocycles. The molecule has 90 valence electrons. The Morgan fingerprint density at radius 3 is 2.31 bits per heavy atom. The number of alkyl halides is 2. The lowest BCUT2D eigenvalue weighted by molar-refractivity contribution is -0.0498. The second-order valence-corrected chi connectivity index (χ2v) is 3.48. The molecule has 0 saturated heterocycles. The first-order chi connectivity index (χ1) is 7.63. The monoisotopic (exact) mass is 230 g/mol. The van der Waals surface area contributed by atoms with Gasteiger partial charge >= 0.3 is 6.61 Å². The number of rotatable bonds is 6. The molecule has 0 aliphatic rings. The molecule has 0 unspecified atom stereocenters. The van der Waals surface area contributed by atoms with Crippen LogP contribution in [-0.2, 0) is 0 Å². The highest BCUT2D eigenvalue weighted by Gasteiger charge is 2.07. The van der Waals surface area contributed by atoms with Crippen LogP contribution in [0.25, 0.3) is 0 Å². The molecular weight excluding hydrogens is 214 g/mol. The fourth-order valence-electron chi connectivity index (χ4n) is 1.40. The van der Waals surface area contributed by atoms with Crippen molar-refractivity contribution in [3.05, 3.63) is 29.8 Å².